The first-order valence-electron chi connectivity index (χ1n) is 6.21. The molecule has 2 aromatic carbocycles. The molecule has 0 spiro atoms. The van der Waals surface area contributed by atoms with Gasteiger partial charge in [-0.15, -0.1) is 35.3 Å². The highest BCUT2D eigenvalue weighted by Gasteiger charge is 1.96. The van der Waals surface area contributed by atoms with Gasteiger partial charge in [0.15, 0.2) is 0 Å². The summed E-state index contributed by atoms with van der Waals surface area (Å²) in [6.45, 7) is 4.25. The molecule has 0 unspecified atom stereocenters. The summed E-state index contributed by atoms with van der Waals surface area (Å²) >= 11 is 5.81. The van der Waals surface area contributed by atoms with Crippen molar-refractivity contribution >= 4 is 35.3 Å². The van der Waals surface area contributed by atoms with Crippen LogP contribution >= 0.6 is 35.3 Å². The summed E-state index contributed by atoms with van der Waals surface area (Å²) in [6, 6.07) is 17.5. The van der Waals surface area contributed by atoms with E-state index in [4.69, 9.17) is 0 Å². The summed E-state index contributed by atoms with van der Waals surface area (Å²) in [7, 11) is 0. The molecule has 100 valence electrons. The van der Waals surface area contributed by atoms with Gasteiger partial charge >= 0.3 is 0 Å². The number of hydrogen-bond acceptors (Lipinski definition) is 3. The second kappa shape index (κ2) is 7.93. The maximum Gasteiger partial charge on any atom is 0.0447 e. The van der Waals surface area contributed by atoms with Crippen LogP contribution in [0.1, 0.15) is 11.1 Å². The van der Waals surface area contributed by atoms with Gasteiger partial charge in [0.1, 0.15) is 0 Å². The van der Waals surface area contributed by atoms with Crippen LogP contribution in [0, 0.1) is 13.8 Å². The zero-order chi connectivity index (χ0) is 13.5. The van der Waals surface area contributed by atoms with Crippen molar-refractivity contribution in [2.24, 2.45) is 0 Å². The van der Waals surface area contributed by atoms with E-state index in [1.807, 2.05) is 35.3 Å². The quantitative estimate of drug-likeness (QED) is 0.374. The average Bonchev–Trinajstić information content (AvgIpc) is 2.43. The van der Waals surface area contributed by atoms with E-state index in [-0.39, 0.29) is 0 Å². The number of rotatable bonds is 6. The smallest absolute Gasteiger partial charge is 0.0447 e. The Kier molecular flexibility index (Phi) is 6.21. The molecule has 0 nitrogen and oxygen atoms in total. The van der Waals surface area contributed by atoms with Crippen LogP contribution in [0.5, 0.6) is 0 Å². The Bertz CT molecular complexity index is 441. The summed E-state index contributed by atoms with van der Waals surface area (Å²) < 4.78 is 0. The highest BCUT2D eigenvalue weighted by Crippen LogP contribution is 2.28. The van der Waals surface area contributed by atoms with Gasteiger partial charge < -0.3 is 0 Å². The molecule has 0 bridgehead atoms. The first-order chi connectivity index (χ1) is 9.24. The first kappa shape index (κ1) is 14.9. The van der Waals surface area contributed by atoms with Crippen molar-refractivity contribution in [3.05, 3.63) is 59.7 Å². The predicted octanol–water partition coefficient (Wildman–Crippen LogP) is 5.84. The minimum atomic E-state index is 1.11. The molecule has 0 aliphatic rings. The predicted molar refractivity (Wildman–Crippen MR) is 91.4 cm³/mol. The topological polar surface area (TPSA) is 0 Å². The number of benzene rings is 2. The molecular weight excluding hydrogens is 288 g/mol. The average molecular weight is 307 g/mol. The lowest BCUT2D eigenvalue weighted by atomic mass is 10.2. The van der Waals surface area contributed by atoms with Crippen molar-refractivity contribution in [3.63, 3.8) is 0 Å². The van der Waals surface area contributed by atoms with Crippen molar-refractivity contribution in [3.8, 4) is 0 Å². The molecule has 0 aromatic heterocycles. The third kappa shape index (κ3) is 5.55. The number of thioether (sulfide) groups is 3. The summed E-state index contributed by atoms with van der Waals surface area (Å²) in [5, 5.41) is 2.23. The monoisotopic (exact) mass is 306 g/mol. The Morgan fingerprint density at radius 2 is 1.00 bits per heavy atom. The van der Waals surface area contributed by atoms with Gasteiger partial charge in [-0.25, -0.2) is 0 Å². The molecule has 2 rings (SSSR count). The van der Waals surface area contributed by atoms with Gasteiger partial charge in [-0.1, -0.05) is 35.4 Å². The van der Waals surface area contributed by atoms with Crippen LogP contribution in [0.3, 0.4) is 0 Å². The summed E-state index contributed by atoms with van der Waals surface area (Å²) in [6.07, 6.45) is 0. The normalized spacial score (nSPS) is 10.6. The van der Waals surface area contributed by atoms with Gasteiger partial charge in [-0.3, -0.25) is 0 Å². The molecule has 2 aromatic rings. The molecule has 3 heteroatoms. The molecule has 0 saturated heterocycles. The lowest BCUT2D eigenvalue weighted by molar-refractivity contribution is 1.38. The van der Waals surface area contributed by atoms with Crippen molar-refractivity contribution in [2.75, 3.05) is 10.2 Å². The Labute approximate surface area is 128 Å². The van der Waals surface area contributed by atoms with E-state index in [0.29, 0.717) is 0 Å². The second-order valence-electron chi connectivity index (χ2n) is 4.35. The Morgan fingerprint density at radius 3 is 1.37 bits per heavy atom. The summed E-state index contributed by atoms with van der Waals surface area (Å²) in [5.41, 5.74) is 2.65. The van der Waals surface area contributed by atoms with Crippen LogP contribution in [0.15, 0.2) is 58.3 Å². The van der Waals surface area contributed by atoms with Crippen molar-refractivity contribution in [2.45, 2.75) is 23.6 Å². The Hall–Kier alpha value is -0.510. The third-order valence-corrected chi connectivity index (χ3v) is 6.15. The van der Waals surface area contributed by atoms with Gasteiger partial charge in [0.05, 0.1) is 0 Å². The summed E-state index contributed by atoms with van der Waals surface area (Å²) in [4.78, 5) is 2.72. The van der Waals surface area contributed by atoms with Crippen LogP contribution in [0.4, 0.5) is 0 Å². The minimum absolute atomic E-state index is 1.11. The standard InChI is InChI=1S/C16H18S3/c1-13-3-7-15(8-4-13)18-11-17-12-19-16-9-5-14(2)6-10-16/h3-10H,11-12H2,1-2H3. The van der Waals surface area contributed by atoms with E-state index in [1.54, 1.807) is 0 Å². The molecule has 0 N–H and O–H groups in total. The first-order valence-corrected chi connectivity index (χ1v) is 9.33. The highest BCUT2D eigenvalue weighted by molar-refractivity contribution is 8.22. The van der Waals surface area contributed by atoms with Crippen LogP contribution in [-0.2, 0) is 0 Å². The molecule has 0 atom stereocenters. The fourth-order valence-electron chi connectivity index (χ4n) is 1.52. The fraction of sp³-hybridized carbons (Fsp3) is 0.250. The maximum absolute atomic E-state index is 2.20. The Balaban J connectivity index is 1.64. The van der Waals surface area contributed by atoms with Crippen LogP contribution in [-0.4, -0.2) is 10.2 Å². The fourth-order valence-corrected chi connectivity index (χ4v) is 4.82. The second-order valence-corrected chi connectivity index (χ2v) is 8.17. The number of aryl methyl sites for hydroxylation is 2. The van der Waals surface area contributed by atoms with E-state index in [0.717, 1.165) is 10.2 Å². The zero-order valence-corrected chi connectivity index (χ0v) is 13.7. The summed E-state index contributed by atoms with van der Waals surface area (Å²) in [5.74, 6) is 0. The van der Waals surface area contributed by atoms with Gasteiger partial charge in [0.2, 0.25) is 0 Å². The van der Waals surface area contributed by atoms with Gasteiger partial charge in [-0.05, 0) is 38.1 Å². The molecule has 0 saturated carbocycles. The molecular formula is C16H18S3. The molecule has 0 radical (unpaired) electrons. The molecule has 0 heterocycles. The maximum atomic E-state index is 2.20. The molecule has 19 heavy (non-hydrogen) atoms. The molecule has 0 aliphatic heterocycles. The molecule has 0 aliphatic carbocycles. The lowest BCUT2D eigenvalue weighted by Gasteiger charge is -2.03. The van der Waals surface area contributed by atoms with Crippen molar-refractivity contribution in [1.29, 1.82) is 0 Å². The van der Waals surface area contributed by atoms with Gasteiger partial charge in [0.25, 0.3) is 0 Å². The van der Waals surface area contributed by atoms with E-state index >= 15 is 0 Å². The highest BCUT2D eigenvalue weighted by atomic mass is 32.2. The van der Waals surface area contributed by atoms with E-state index in [9.17, 15) is 0 Å². The largest absolute Gasteiger partial charge is 0.139 e. The van der Waals surface area contributed by atoms with Crippen LogP contribution in [0.2, 0.25) is 0 Å². The van der Waals surface area contributed by atoms with E-state index in [1.165, 1.54) is 20.9 Å². The lowest BCUT2D eigenvalue weighted by Crippen LogP contribution is -1.78. The van der Waals surface area contributed by atoms with Crippen molar-refractivity contribution < 1.29 is 0 Å². The van der Waals surface area contributed by atoms with Crippen molar-refractivity contribution in [1.82, 2.24) is 0 Å². The van der Waals surface area contributed by atoms with Crippen LogP contribution in [0.25, 0.3) is 0 Å². The molecule has 0 fully saturated rings. The van der Waals surface area contributed by atoms with E-state index < -0.39 is 0 Å². The zero-order valence-electron chi connectivity index (χ0n) is 11.3. The van der Waals surface area contributed by atoms with Gasteiger partial charge in [-0.2, -0.15) is 0 Å². The minimum Gasteiger partial charge on any atom is -0.139 e. The number of hydrogen-bond donors (Lipinski definition) is 0. The van der Waals surface area contributed by atoms with Crippen LogP contribution < -0.4 is 0 Å². The SMILES string of the molecule is Cc1ccc(SCSCSc2ccc(C)cc2)cc1. The Morgan fingerprint density at radius 1 is 0.632 bits per heavy atom. The van der Waals surface area contributed by atoms with E-state index in [2.05, 4.69) is 62.4 Å². The van der Waals surface area contributed by atoms with Gasteiger partial charge in [0, 0.05) is 20.0 Å². The molecule has 0 amide bonds. The third-order valence-electron chi connectivity index (χ3n) is 2.66.